The summed E-state index contributed by atoms with van der Waals surface area (Å²) in [5.41, 5.74) is 1.69. The lowest BCUT2D eigenvalue weighted by molar-refractivity contribution is 0.425. The number of thioether (sulfide) groups is 1. The van der Waals surface area contributed by atoms with Crippen LogP contribution in [0, 0.1) is 0 Å². The van der Waals surface area contributed by atoms with Crippen molar-refractivity contribution in [2.75, 3.05) is 6.26 Å². The number of aromatic nitrogens is 1. The van der Waals surface area contributed by atoms with E-state index in [2.05, 4.69) is 4.98 Å². The number of benzene rings is 1. The Bertz CT molecular complexity index is 457. The number of rotatable bonds is 2. The highest BCUT2D eigenvalue weighted by atomic mass is 32.2. The number of fused-ring (bicyclic) bond motifs is 1. The summed E-state index contributed by atoms with van der Waals surface area (Å²) in [6, 6.07) is 4.89. The van der Waals surface area contributed by atoms with E-state index in [1.54, 1.807) is 18.2 Å². The van der Waals surface area contributed by atoms with Gasteiger partial charge in [-0.25, -0.2) is 4.98 Å². The maximum absolute atomic E-state index is 8.94. The first kappa shape index (κ1) is 9.58. The molecule has 1 heterocycles. The Kier molecular flexibility index (Phi) is 2.49. The van der Waals surface area contributed by atoms with Crippen LogP contribution in [-0.4, -0.2) is 28.4 Å². The van der Waals surface area contributed by atoms with Crippen molar-refractivity contribution < 1.29 is 14.5 Å². The van der Waals surface area contributed by atoms with Crippen molar-refractivity contribution in [1.82, 2.24) is 4.98 Å². The van der Waals surface area contributed by atoms with Gasteiger partial charge in [-0.3, -0.25) is 0 Å². The van der Waals surface area contributed by atoms with E-state index in [-0.39, 0.29) is 0 Å². The topological polar surface area (TPSA) is 66.5 Å². The highest BCUT2D eigenvalue weighted by molar-refractivity contribution is 7.98. The van der Waals surface area contributed by atoms with Gasteiger partial charge < -0.3 is 14.5 Å². The normalized spacial score (nSPS) is 10.8. The summed E-state index contributed by atoms with van der Waals surface area (Å²) in [6.07, 6.45) is 1.87. The molecule has 6 heteroatoms. The summed E-state index contributed by atoms with van der Waals surface area (Å²) in [7, 11) is -1.47. The number of nitrogens with zero attached hydrogens (tertiary/aromatic N) is 1. The van der Waals surface area contributed by atoms with Crippen LogP contribution in [0.15, 0.2) is 27.8 Å². The van der Waals surface area contributed by atoms with E-state index < -0.39 is 7.12 Å². The van der Waals surface area contributed by atoms with Gasteiger partial charge in [0, 0.05) is 0 Å². The van der Waals surface area contributed by atoms with Gasteiger partial charge in [-0.05, 0) is 23.9 Å². The van der Waals surface area contributed by atoms with Crippen LogP contribution in [0.2, 0.25) is 0 Å². The highest BCUT2D eigenvalue weighted by Crippen LogP contribution is 2.20. The second-order valence-corrected chi connectivity index (χ2v) is 3.54. The van der Waals surface area contributed by atoms with Crippen LogP contribution in [0.4, 0.5) is 0 Å². The highest BCUT2D eigenvalue weighted by Gasteiger charge is 2.13. The molecule has 0 saturated heterocycles. The largest absolute Gasteiger partial charge is 0.488 e. The fourth-order valence-electron chi connectivity index (χ4n) is 1.17. The molecular formula is C8H8BNO3S. The fourth-order valence-corrected chi connectivity index (χ4v) is 1.53. The Balaban J connectivity index is 2.54. The molecule has 0 amide bonds. The lowest BCUT2D eigenvalue weighted by Crippen LogP contribution is -2.29. The molecule has 72 valence electrons. The second-order valence-electron chi connectivity index (χ2n) is 2.78. The van der Waals surface area contributed by atoms with E-state index in [4.69, 9.17) is 14.5 Å². The summed E-state index contributed by atoms with van der Waals surface area (Å²) in [5, 5.41) is 18.4. The molecule has 0 fully saturated rings. The second kappa shape index (κ2) is 3.64. The van der Waals surface area contributed by atoms with Crippen molar-refractivity contribution >= 4 is 35.4 Å². The summed E-state index contributed by atoms with van der Waals surface area (Å²) in [6.45, 7) is 0. The molecule has 1 aromatic carbocycles. The van der Waals surface area contributed by atoms with Crippen LogP contribution in [0.1, 0.15) is 0 Å². The van der Waals surface area contributed by atoms with Crippen molar-refractivity contribution in [1.29, 1.82) is 0 Å². The minimum atomic E-state index is -1.47. The van der Waals surface area contributed by atoms with Crippen molar-refractivity contribution in [3.8, 4) is 0 Å². The van der Waals surface area contributed by atoms with Gasteiger partial charge in [0.2, 0.25) is 0 Å². The van der Waals surface area contributed by atoms with E-state index in [1.165, 1.54) is 11.8 Å². The van der Waals surface area contributed by atoms with Crippen molar-refractivity contribution in [3.63, 3.8) is 0 Å². The zero-order valence-corrected chi connectivity index (χ0v) is 8.28. The van der Waals surface area contributed by atoms with Gasteiger partial charge in [-0.1, -0.05) is 17.8 Å². The molecule has 4 nitrogen and oxygen atoms in total. The lowest BCUT2D eigenvalue weighted by atomic mass is 9.80. The van der Waals surface area contributed by atoms with Crippen molar-refractivity contribution in [3.05, 3.63) is 18.2 Å². The van der Waals surface area contributed by atoms with Gasteiger partial charge in [0.25, 0.3) is 5.22 Å². The summed E-state index contributed by atoms with van der Waals surface area (Å²) in [4.78, 5) is 4.16. The molecule has 0 radical (unpaired) electrons. The first-order chi connectivity index (χ1) is 6.70. The maximum Gasteiger partial charge on any atom is 0.488 e. The standard InChI is InChI=1S/C8H8BNO3S/c1-14-8-10-6-3-2-5(9(11)12)4-7(6)13-8/h2-4,11-12H,1H3. The summed E-state index contributed by atoms with van der Waals surface area (Å²) < 4.78 is 5.34. The molecule has 0 aliphatic rings. The summed E-state index contributed by atoms with van der Waals surface area (Å²) >= 11 is 1.41. The third-order valence-corrected chi connectivity index (χ3v) is 2.39. The van der Waals surface area contributed by atoms with Gasteiger partial charge >= 0.3 is 7.12 Å². The average Bonchev–Trinajstić information content (AvgIpc) is 2.58. The SMILES string of the molecule is CSc1nc2ccc(B(O)O)cc2o1. The van der Waals surface area contributed by atoms with Crippen LogP contribution < -0.4 is 5.46 Å². The molecule has 0 aliphatic heterocycles. The molecule has 0 unspecified atom stereocenters. The van der Waals surface area contributed by atoms with Gasteiger partial charge in [-0.2, -0.15) is 0 Å². The molecule has 2 rings (SSSR count). The van der Waals surface area contributed by atoms with E-state index in [9.17, 15) is 0 Å². The number of oxazole rings is 1. The van der Waals surface area contributed by atoms with Crippen LogP contribution in [0.25, 0.3) is 11.1 Å². The Morgan fingerprint density at radius 1 is 1.43 bits per heavy atom. The van der Waals surface area contributed by atoms with Crippen LogP contribution in [0.5, 0.6) is 0 Å². The van der Waals surface area contributed by atoms with Gasteiger partial charge in [-0.15, -0.1) is 0 Å². The zero-order valence-electron chi connectivity index (χ0n) is 7.47. The predicted octanol–water partition coefficient (Wildman–Crippen LogP) is 0.229. The predicted molar refractivity (Wildman–Crippen MR) is 55.6 cm³/mol. The van der Waals surface area contributed by atoms with Gasteiger partial charge in [0.1, 0.15) is 5.52 Å². The van der Waals surface area contributed by atoms with Crippen molar-refractivity contribution in [2.45, 2.75) is 5.22 Å². The molecule has 0 spiro atoms. The maximum atomic E-state index is 8.94. The van der Waals surface area contributed by atoms with Crippen LogP contribution >= 0.6 is 11.8 Å². The Morgan fingerprint density at radius 2 is 2.21 bits per heavy atom. The molecule has 14 heavy (non-hydrogen) atoms. The molecule has 0 aliphatic carbocycles. The summed E-state index contributed by atoms with van der Waals surface area (Å²) in [5.74, 6) is 0. The molecule has 0 bridgehead atoms. The third kappa shape index (κ3) is 1.64. The monoisotopic (exact) mass is 209 g/mol. The molecule has 2 N–H and O–H groups in total. The molecule has 2 aromatic rings. The fraction of sp³-hybridized carbons (Fsp3) is 0.125. The molecule has 1 aromatic heterocycles. The lowest BCUT2D eigenvalue weighted by Gasteiger charge is -1.96. The Morgan fingerprint density at radius 3 is 2.86 bits per heavy atom. The van der Waals surface area contributed by atoms with Crippen LogP contribution in [0.3, 0.4) is 0 Å². The van der Waals surface area contributed by atoms with Gasteiger partial charge in [0.15, 0.2) is 5.58 Å². The Hall–Kier alpha value is -0.975. The minimum Gasteiger partial charge on any atom is -0.431 e. The van der Waals surface area contributed by atoms with Crippen LogP contribution in [-0.2, 0) is 0 Å². The quantitative estimate of drug-likeness (QED) is 0.547. The molecule has 0 atom stereocenters. The third-order valence-electron chi connectivity index (χ3n) is 1.87. The van der Waals surface area contributed by atoms with E-state index in [1.807, 2.05) is 6.26 Å². The van der Waals surface area contributed by atoms with Gasteiger partial charge in [0.05, 0.1) is 0 Å². The van der Waals surface area contributed by atoms with Crippen molar-refractivity contribution in [2.24, 2.45) is 0 Å². The Labute approximate surface area is 85.1 Å². The number of hydrogen-bond acceptors (Lipinski definition) is 5. The zero-order chi connectivity index (χ0) is 10.1. The average molecular weight is 209 g/mol. The minimum absolute atomic E-state index is 0.404. The first-order valence-corrected chi connectivity index (χ1v) is 5.24. The van der Waals surface area contributed by atoms with E-state index in [0.29, 0.717) is 16.3 Å². The van der Waals surface area contributed by atoms with E-state index in [0.717, 1.165) is 5.52 Å². The van der Waals surface area contributed by atoms with E-state index >= 15 is 0 Å². The molecule has 0 saturated carbocycles. The molecular weight excluding hydrogens is 201 g/mol. The first-order valence-electron chi connectivity index (χ1n) is 4.01. The smallest absolute Gasteiger partial charge is 0.431 e. The number of hydrogen-bond donors (Lipinski definition) is 2.